The fraction of sp³-hybridized carbons (Fsp3) is 0.400. The Morgan fingerprint density at radius 1 is 0.743 bits per heavy atom. The van der Waals surface area contributed by atoms with Gasteiger partial charge in [0.2, 0.25) is 0 Å². The number of hydrogen-bond acceptors (Lipinski definition) is 3. The molecule has 3 aromatic carbocycles. The van der Waals surface area contributed by atoms with Gasteiger partial charge in [0.1, 0.15) is 0 Å². The van der Waals surface area contributed by atoms with E-state index in [2.05, 4.69) is 119 Å². The van der Waals surface area contributed by atoms with Crippen LogP contribution in [0, 0.1) is 0 Å². The van der Waals surface area contributed by atoms with Crippen LogP contribution < -0.4 is 10.4 Å². The van der Waals surface area contributed by atoms with E-state index in [-0.39, 0.29) is 24.4 Å². The van der Waals surface area contributed by atoms with Crippen molar-refractivity contribution in [3.63, 3.8) is 0 Å². The number of rotatable bonds is 7. The molecule has 0 amide bonds. The summed E-state index contributed by atoms with van der Waals surface area (Å²) < 4.78 is 20.3. The second-order valence-electron chi connectivity index (χ2n) is 11.1. The zero-order chi connectivity index (χ0) is 24.5. The summed E-state index contributed by atoms with van der Waals surface area (Å²) in [4.78, 5) is 0. The predicted molar refractivity (Wildman–Crippen MR) is 147 cm³/mol. The molecule has 5 heteroatoms. The Morgan fingerprint density at radius 3 is 1.74 bits per heavy atom. The summed E-state index contributed by atoms with van der Waals surface area (Å²) >= 11 is 0. The van der Waals surface area contributed by atoms with Gasteiger partial charge >= 0.3 is 7.12 Å². The lowest BCUT2D eigenvalue weighted by atomic mass is 9.81. The lowest BCUT2D eigenvalue weighted by Gasteiger charge is -2.33. The summed E-state index contributed by atoms with van der Waals surface area (Å²) in [5, 5.41) is 2.69. The molecule has 182 valence electrons. The van der Waals surface area contributed by atoms with E-state index in [9.17, 15) is 0 Å². The standard InChI is InChI=1S/C30H37BO3Si/c1-29(2)30(3,4)34-31(33-29)23-28-22-25(21-20-24-14-8-5-9-15-24)32-35(28,26-16-10-6-11-17-26)27-18-12-7-13-19-27/h5-19,25,28H,20-23H2,1-4H3/t25-,28-/m1/s1. The summed E-state index contributed by atoms with van der Waals surface area (Å²) in [6.45, 7) is 8.56. The molecular weight excluding hydrogens is 447 g/mol. The normalized spacial score (nSPS) is 24.5. The highest BCUT2D eigenvalue weighted by Gasteiger charge is 2.58. The first-order valence-electron chi connectivity index (χ1n) is 13.0. The first kappa shape index (κ1) is 24.5. The van der Waals surface area contributed by atoms with Gasteiger partial charge in [0.15, 0.2) is 0 Å². The van der Waals surface area contributed by atoms with Crippen molar-refractivity contribution in [2.24, 2.45) is 0 Å². The first-order valence-corrected chi connectivity index (χ1v) is 15.0. The van der Waals surface area contributed by atoms with Gasteiger partial charge in [-0.2, -0.15) is 0 Å². The number of benzene rings is 3. The van der Waals surface area contributed by atoms with Gasteiger partial charge in [-0.25, -0.2) is 0 Å². The molecule has 0 radical (unpaired) electrons. The minimum Gasteiger partial charge on any atom is -0.405 e. The van der Waals surface area contributed by atoms with Crippen LogP contribution in [0.3, 0.4) is 0 Å². The van der Waals surface area contributed by atoms with Crippen LogP contribution in [0.25, 0.3) is 0 Å². The Morgan fingerprint density at radius 2 is 1.23 bits per heavy atom. The maximum Gasteiger partial charge on any atom is 0.457 e. The SMILES string of the molecule is CC1(C)OB(C[C@H]2C[C@@H](CCc3ccccc3)O[Si]2(c2ccccc2)c2ccccc2)OC1(C)C. The van der Waals surface area contributed by atoms with Gasteiger partial charge in [-0.3, -0.25) is 0 Å². The van der Waals surface area contributed by atoms with Crippen molar-refractivity contribution in [3.05, 3.63) is 96.6 Å². The predicted octanol–water partition coefficient (Wildman–Crippen LogP) is 5.63. The fourth-order valence-corrected chi connectivity index (χ4v) is 10.7. The van der Waals surface area contributed by atoms with Gasteiger partial charge in [0.05, 0.1) is 11.2 Å². The Kier molecular flexibility index (Phi) is 6.79. The molecule has 0 bridgehead atoms. The molecule has 0 aromatic heterocycles. The van der Waals surface area contributed by atoms with Crippen LogP contribution in [0.2, 0.25) is 11.9 Å². The molecule has 2 fully saturated rings. The molecule has 2 aliphatic heterocycles. The molecule has 2 heterocycles. The maximum absolute atomic E-state index is 7.30. The van der Waals surface area contributed by atoms with Crippen LogP contribution in [0.15, 0.2) is 91.0 Å². The molecule has 5 rings (SSSR count). The summed E-state index contributed by atoms with van der Waals surface area (Å²) in [7, 11) is -2.76. The maximum atomic E-state index is 7.30. The second-order valence-corrected chi connectivity index (χ2v) is 14.8. The lowest BCUT2D eigenvalue weighted by Crippen LogP contribution is -2.62. The first-order chi connectivity index (χ1) is 16.8. The Hall–Kier alpha value is -2.18. The van der Waals surface area contributed by atoms with Crippen LogP contribution in [0.1, 0.15) is 46.1 Å². The largest absolute Gasteiger partial charge is 0.457 e. The zero-order valence-electron chi connectivity index (χ0n) is 21.4. The van der Waals surface area contributed by atoms with Crippen molar-refractivity contribution in [3.8, 4) is 0 Å². The lowest BCUT2D eigenvalue weighted by molar-refractivity contribution is 0.00578. The number of aryl methyl sites for hydroxylation is 1. The van der Waals surface area contributed by atoms with Gasteiger partial charge in [0.25, 0.3) is 8.32 Å². The smallest absolute Gasteiger partial charge is 0.405 e. The molecule has 2 atom stereocenters. The highest BCUT2D eigenvalue weighted by Crippen LogP contribution is 2.46. The molecule has 2 aliphatic rings. The third-order valence-corrected chi connectivity index (χ3v) is 13.0. The van der Waals surface area contributed by atoms with Gasteiger partial charge in [-0.1, -0.05) is 91.0 Å². The molecule has 35 heavy (non-hydrogen) atoms. The van der Waals surface area contributed by atoms with E-state index in [0.29, 0.717) is 5.54 Å². The van der Waals surface area contributed by atoms with E-state index in [1.165, 1.54) is 15.9 Å². The average molecular weight is 485 g/mol. The van der Waals surface area contributed by atoms with Crippen LogP contribution in [-0.2, 0) is 20.2 Å². The zero-order valence-corrected chi connectivity index (χ0v) is 22.4. The van der Waals surface area contributed by atoms with Crippen molar-refractivity contribution < 1.29 is 13.7 Å². The van der Waals surface area contributed by atoms with Crippen LogP contribution >= 0.6 is 0 Å². The van der Waals surface area contributed by atoms with E-state index in [1.807, 2.05) is 0 Å². The quantitative estimate of drug-likeness (QED) is 0.407. The third-order valence-electron chi connectivity index (χ3n) is 8.26. The minimum atomic E-state index is -2.54. The van der Waals surface area contributed by atoms with Crippen molar-refractivity contribution >= 4 is 25.8 Å². The molecule has 0 unspecified atom stereocenters. The van der Waals surface area contributed by atoms with Gasteiger partial charge < -0.3 is 13.7 Å². The van der Waals surface area contributed by atoms with E-state index < -0.39 is 8.32 Å². The molecule has 0 N–H and O–H groups in total. The molecule has 0 spiro atoms. The molecule has 0 aliphatic carbocycles. The summed E-state index contributed by atoms with van der Waals surface area (Å²) in [6.07, 6.45) is 4.16. The third kappa shape index (κ3) is 4.80. The Bertz CT molecular complexity index is 1050. The molecule has 3 aromatic rings. The summed E-state index contributed by atoms with van der Waals surface area (Å²) in [5.41, 5.74) is 1.08. The van der Waals surface area contributed by atoms with Crippen LogP contribution in [0.5, 0.6) is 0 Å². The Balaban J connectivity index is 1.49. The van der Waals surface area contributed by atoms with Crippen molar-refractivity contribution in [1.29, 1.82) is 0 Å². The van der Waals surface area contributed by atoms with E-state index in [0.717, 1.165) is 25.6 Å². The monoisotopic (exact) mass is 484 g/mol. The van der Waals surface area contributed by atoms with Gasteiger partial charge in [0, 0.05) is 6.10 Å². The van der Waals surface area contributed by atoms with E-state index in [1.54, 1.807) is 0 Å². The summed E-state index contributed by atoms with van der Waals surface area (Å²) in [6, 6.07) is 32.7. The molecule has 0 saturated carbocycles. The highest BCUT2D eigenvalue weighted by atomic mass is 28.4. The van der Waals surface area contributed by atoms with Crippen molar-refractivity contribution in [2.75, 3.05) is 0 Å². The Labute approximate surface area is 212 Å². The fourth-order valence-electron chi connectivity index (χ4n) is 5.74. The number of hydrogen-bond donors (Lipinski definition) is 0. The van der Waals surface area contributed by atoms with Crippen molar-refractivity contribution in [2.45, 2.75) is 76.1 Å². The average Bonchev–Trinajstić information content (AvgIpc) is 3.32. The van der Waals surface area contributed by atoms with Gasteiger partial charge in [-0.05, 0) is 74.8 Å². The topological polar surface area (TPSA) is 27.7 Å². The highest BCUT2D eigenvalue weighted by molar-refractivity contribution is 6.99. The van der Waals surface area contributed by atoms with E-state index in [4.69, 9.17) is 13.7 Å². The summed E-state index contributed by atoms with van der Waals surface area (Å²) in [5.74, 6) is 0. The van der Waals surface area contributed by atoms with Crippen LogP contribution in [-0.4, -0.2) is 32.7 Å². The van der Waals surface area contributed by atoms with Gasteiger partial charge in [-0.15, -0.1) is 0 Å². The molecule has 2 saturated heterocycles. The van der Waals surface area contributed by atoms with E-state index >= 15 is 0 Å². The molecule has 3 nitrogen and oxygen atoms in total. The van der Waals surface area contributed by atoms with Crippen molar-refractivity contribution in [1.82, 2.24) is 0 Å². The van der Waals surface area contributed by atoms with Crippen LogP contribution in [0.4, 0.5) is 0 Å². The second kappa shape index (κ2) is 9.70. The minimum absolute atomic E-state index is 0.217. The molecular formula is C30H37BO3Si.